The Hall–Kier alpha value is -2.87. The third kappa shape index (κ3) is 3.97. The number of hydrogen-bond acceptors (Lipinski definition) is 6. The van der Waals surface area contributed by atoms with Crippen molar-refractivity contribution in [3.05, 3.63) is 40.3 Å². The van der Waals surface area contributed by atoms with E-state index in [-0.39, 0.29) is 5.56 Å². The number of methoxy groups -OCH3 is 1. The number of hydrogen-bond donors (Lipinski definition) is 2. The highest BCUT2D eigenvalue weighted by molar-refractivity contribution is 5.84. The van der Waals surface area contributed by atoms with Gasteiger partial charge in [0.2, 0.25) is 5.56 Å². The maximum atomic E-state index is 12.1. The van der Waals surface area contributed by atoms with Crippen LogP contribution < -0.4 is 15.8 Å². The number of amides is 1. The van der Waals surface area contributed by atoms with Crippen LogP contribution in [0.5, 0.6) is 0 Å². The number of aryl methyl sites for hydroxylation is 1. The molecule has 1 aliphatic heterocycles. The molecule has 0 spiro atoms. The minimum atomic E-state index is -0.595. The smallest absolute Gasteiger partial charge is 0.412 e. The van der Waals surface area contributed by atoms with Crippen LogP contribution in [-0.4, -0.2) is 49.5 Å². The molecule has 8 heteroatoms. The molecular formula is C17H20N4O4. The Kier molecular flexibility index (Phi) is 4.99. The number of nitrogens with one attached hydrogen (secondary N) is 2. The fraction of sp³-hybridized carbons (Fsp3) is 0.353. The zero-order valence-corrected chi connectivity index (χ0v) is 14.2. The lowest BCUT2D eigenvalue weighted by Crippen LogP contribution is -2.37. The van der Waals surface area contributed by atoms with Crippen molar-refractivity contribution < 1.29 is 14.3 Å². The number of morpholine rings is 1. The fourth-order valence-corrected chi connectivity index (χ4v) is 2.72. The Morgan fingerprint density at radius 3 is 2.80 bits per heavy atom. The number of anilines is 2. The first-order valence-corrected chi connectivity index (χ1v) is 7.96. The Balaban J connectivity index is 1.98. The summed E-state index contributed by atoms with van der Waals surface area (Å²) in [6, 6.07) is 5.19. The van der Waals surface area contributed by atoms with Crippen molar-refractivity contribution >= 4 is 17.7 Å². The second-order valence-electron chi connectivity index (χ2n) is 5.72. The van der Waals surface area contributed by atoms with Gasteiger partial charge in [0.05, 0.1) is 20.3 Å². The normalized spacial score (nSPS) is 14.2. The number of carbonyl (C=O) groups excluding carboxylic acids is 1. The molecule has 3 rings (SSSR count). The average Bonchev–Trinajstić information content (AvgIpc) is 2.63. The molecule has 1 fully saturated rings. The first-order chi connectivity index (χ1) is 12.1. The third-order valence-electron chi connectivity index (χ3n) is 4.01. The molecule has 0 aromatic carbocycles. The number of nitrogens with zero attached hydrogens (tertiary/aromatic N) is 2. The zero-order valence-electron chi connectivity index (χ0n) is 14.2. The van der Waals surface area contributed by atoms with Gasteiger partial charge < -0.3 is 19.4 Å². The molecule has 0 bridgehead atoms. The van der Waals surface area contributed by atoms with Gasteiger partial charge in [-0.3, -0.25) is 10.1 Å². The minimum absolute atomic E-state index is 0.183. The van der Waals surface area contributed by atoms with Crippen LogP contribution in [0.3, 0.4) is 0 Å². The molecule has 0 saturated carbocycles. The SMILES string of the molecule is COC(=O)Nc1cc(-c2cc(N3CCOCC3)[nH]c(=O)c2)c(C)cn1. The van der Waals surface area contributed by atoms with Gasteiger partial charge in [0.25, 0.3) is 0 Å². The summed E-state index contributed by atoms with van der Waals surface area (Å²) in [6.07, 6.45) is 1.05. The van der Waals surface area contributed by atoms with Crippen molar-refractivity contribution in [2.45, 2.75) is 6.92 Å². The van der Waals surface area contributed by atoms with Gasteiger partial charge in [-0.05, 0) is 35.7 Å². The summed E-state index contributed by atoms with van der Waals surface area (Å²) < 4.78 is 9.94. The first-order valence-electron chi connectivity index (χ1n) is 7.96. The van der Waals surface area contributed by atoms with E-state index in [4.69, 9.17) is 4.74 Å². The van der Waals surface area contributed by atoms with E-state index in [0.717, 1.165) is 35.6 Å². The van der Waals surface area contributed by atoms with E-state index >= 15 is 0 Å². The van der Waals surface area contributed by atoms with Gasteiger partial charge >= 0.3 is 6.09 Å². The van der Waals surface area contributed by atoms with Crippen LogP contribution in [0.25, 0.3) is 11.1 Å². The summed E-state index contributed by atoms with van der Waals surface area (Å²) in [5, 5.41) is 2.54. The molecular weight excluding hydrogens is 324 g/mol. The molecule has 1 saturated heterocycles. The minimum Gasteiger partial charge on any atom is -0.453 e. The summed E-state index contributed by atoms with van der Waals surface area (Å²) in [4.78, 5) is 32.6. The lowest BCUT2D eigenvalue weighted by molar-refractivity contribution is 0.122. The van der Waals surface area contributed by atoms with Gasteiger partial charge in [-0.2, -0.15) is 0 Å². The van der Waals surface area contributed by atoms with Crippen molar-refractivity contribution in [3.63, 3.8) is 0 Å². The number of aromatic nitrogens is 2. The Morgan fingerprint density at radius 1 is 1.32 bits per heavy atom. The van der Waals surface area contributed by atoms with E-state index in [1.807, 2.05) is 13.0 Å². The third-order valence-corrected chi connectivity index (χ3v) is 4.01. The van der Waals surface area contributed by atoms with Gasteiger partial charge in [0, 0.05) is 25.4 Å². The van der Waals surface area contributed by atoms with E-state index in [0.29, 0.717) is 19.0 Å². The molecule has 132 valence electrons. The number of carbonyl (C=O) groups is 1. The summed E-state index contributed by atoms with van der Waals surface area (Å²) in [7, 11) is 1.29. The van der Waals surface area contributed by atoms with Gasteiger partial charge in [0.15, 0.2) is 0 Å². The summed E-state index contributed by atoms with van der Waals surface area (Å²) in [5.41, 5.74) is 2.30. The average molecular weight is 344 g/mol. The van der Waals surface area contributed by atoms with Crippen molar-refractivity contribution in [1.82, 2.24) is 9.97 Å². The van der Waals surface area contributed by atoms with E-state index < -0.39 is 6.09 Å². The van der Waals surface area contributed by atoms with E-state index in [2.05, 4.69) is 24.9 Å². The second-order valence-corrected chi connectivity index (χ2v) is 5.72. The summed E-state index contributed by atoms with van der Waals surface area (Å²) in [5.74, 6) is 1.12. The molecule has 0 radical (unpaired) electrons. The van der Waals surface area contributed by atoms with Crippen molar-refractivity contribution in [3.8, 4) is 11.1 Å². The highest BCUT2D eigenvalue weighted by Crippen LogP contribution is 2.26. The van der Waals surface area contributed by atoms with Crippen molar-refractivity contribution in [2.24, 2.45) is 0 Å². The molecule has 25 heavy (non-hydrogen) atoms. The summed E-state index contributed by atoms with van der Waals surface area (Å²) >= 11 is 0. The van der Waals surface area contributed by atoms with E-state index in [9.17, 15) is 9.59 Å². The predicted octanol–water partition coefficient (Wildman–Crippen LogP) is 1.76. The van der Waals surface area contributed by atoms with Crippen LogP contribution in [0.1, 0.15) is 5.56 Å². The molecule has 2 aromatic heterocycles. The van der Waals surface area contributed by atoms with Crippen molar-refractivity contribution in [2.75, 3.05) is 43.6 Å². The van der Waals surface area contributed by atoms with Gasteiger partial charge in [-0.25, -0.2) is 9.78 Å². The van der Waals surface area contributed by atoms with Crippen LogP contribution >= 0.6 is 0 Å². The van der Waals surface area contributed by atoms with E-state index in [1.54, 1.807) is 12.3 Å². The largest absolute Gasteiger partial charge is 0.453 e. The maximum Gasteiger partial charge on any atom is 0.412 e. The fourth-order valence-electron chi connectivity index (χ4n) is 2.72. The first kappa shape index (κ1) is 17.0. The topological polar surface area (TPSA) is 96.5 Å². The monoisotopic (exact) mass is 344 g/mol. The molecule has 8 nitrogen and oxygen atoms in total. The number of rotatable bonds is 3. The second kappa shape index (κ2) is 7.35. The zero-order chi connectivity index (χ0) is 17.8. The molecule has 0 atom stereocenters. The van der Waals surface area contributed by atoms with Gasteiger partial charge in [0.1, 0.15) is 11.6 Å². The molecule has 3 heterocycles. The van der Waals surface area contributed by atoms with Gasteiger partial charge in [-0.15, -0.1) is 0 Å². The number of ether oxygens (including phenoxy) is 2. The number of H-pyrrole nitrogens is 1. The predicted molar refractivity (Wildman–Crippen MR) is 94.1 cm³/mol. The maximum absolute atomic E-state index is 12.1. The highest BCUT2D eigenvalue weighted by Gasteiger charge is 2.15. The molecule has 0 unspecified atom stereocenters. The number of pyridine rings is 2. The number of aromatic amines is 1. The van der Waals surface area contributed by atoms with Crippen LogP contribution in [0.2, 0.25) is 0 Å². The van der Waals surface area contributed by atoms with Gasteiger partial charge in [-0.1, -0.05) is 0 Å². The highest BCUT2D eigenvalue weighted by atomic mass is 16.5. The van der Waals surface area contributed by atoms with Crippen LogP contribution in [0, 0.1) is 6.92 Å². The summed E-state index contributed by atoms with van der Waals surface area (Å²) in [6.45, 7) is 4.62. The molecule has 1 amide bonds. The lowest BCUT2D eigenvalue weighted by atomic mass is 10.0. The molecule has 1 aliphatic rings. The quantitative estimate of drug-likeness (QED) is 0.881. The Bertz CT molecular complexity index is 828. The van der Waals surface area contributed by atoms with Crippen LogP contribution in [-0.2, 0) is 9.47 Å². The lowest BCUT2D eigenvalue weighted by Gasteiger charge is -2.28. The standard InChI is InChI=1S/C17H20N4O4/c1-11-10-18-14(19-17(23)24-2)9-13(11)12-7-15(20-16(22)8-12)21-3-5-25-6-4-21/h7-10H,3-6H2,1-2H3,(H,20,22)(H,18,19,23). The van der Waals surface area contributed by atoms with Crippen LogP contribution in [0.15, 0.2) is 29.2 Å². The van der Waals surface area contributed by atoms with Crippen LogP contribution in [0.4, 0.5) is 16.4 Å². The van der Waals surface area contributed by atoms with Crippen molar-refractivity contribution in [1.29, 1.82) is 0 Å². The molecule has 2 N–H and O–H groups in total. The Morgan fingerprint density at radius 2 is 2.08 bits per heavy atom. The molecule has 2 aromatic rings. The molecule has 0 aliphatic carbocycles. The van der Waals surface area contributed by atoms with E-state index in [1.165, 1.54) is 13.2 Å². The Labute approximate surface area is 144 Å².